The van der Waals surface area contributed by atoms with Crippen LogP contribution >= 0.6 is 0 Å². The zero-order chi connectivity index (χ0) is 13.8. The van der Waals surface area contributed by atoms with Gasteiger partial charge in [-0.15, -0.1) is 0 Å². The van der Waals surface area contributed by atoms with Crippen molar-refractivity contribution in [2.75, 3.05) is 31.4 Å². The van der Waals surface area contributed by atoms with E-state index in [9.17, 15) is 5.11 Å². The highest BCUT2D eigenvalue weighted by Crippen LogP contribution is 2.26. The SMILES string of the molecule is Cc1cc(OCC(C)C)ccc1N(CO)CC1CO1. The first-order valence-electron chi connectivity index (χ1n) is 6.81. The van der Waals surface area contributed by atoms with Crippen molar-refractivity contribution in [2.24, 2.45) is 5.92 Å². The maximum Gasteiger partial charge on any atom is 0.119 e. The van der Waals surface area contributed by atoms with E-state index in [1.165, 1.54) is 0 Å². The number of nitrogens with zero attached hydrogens (tertiary/aromatic N) is 1. The van der Waals surface area contributed by atoms with Crippen LogP contribution < -0.4 is 9.64 Å². The fraction of sp³-hybridized carbons (Fsp3) is 0.600. The summed E-state index contributed by atoms with van der Waals surface area (Å²) in [4.78, 5) is 1.93. The van der Waals surface area contributed by atoms with Crippen LogP contribution in [0.2, 0.25) is 0 Å². The number of aryl methyl sites for hydroxylation is 1. The zero-order valence-electron chi connectivity index (χ0n) is 11.9. The summed E-state index contributed by atoms with van der Waals surface area (Å²) in [6.45, 7) is 8.56. The molecule has 1 aliphatic heterocycles. The van der Waals surface area contributed by atoms with Crippen molar-refractivity contribution in [2.45, 2.75) is 26.9 Å². The molecule has 0 saturated carbocycles. The van der Waals surface area contributed by atoms with Crippen molar-refractivity contribution in [3.8, 4) is 5.75 Å². The highest BCUT2D eigenvalue weighted by molar-refractivity contribution is 5.55. The van der Waals surface area contributed by atoms with E-state index in [-0.39, 0.29) is 12.8 Å². The Hall–Kier alpha value is -1.26. The minimum Gasteiger partial charge on any atom is -0.493 e. The van der Waals surface area contributed by atoms with Crippen LogP contribution in [0.3, 0.4) is 0 Å². The third kappa shape index (κ3) is 4.11. The van der Waals surface area contributed by atoms with Gasteiger partial charge >= 0.3 is 0 Å². The van der Waals surface area contributed by atoms with Gasteiger partial charge in [0.2, 0.25) is 0 Å². The summed E-state index contributed by atoms with van der Waals surface area (Å²) >= 11 is 0. The number of aliphatic hydroxyl groups excluding tert-OH is 1. The minimum absolute atomic E-state index is 0.00684. The molecular formula is C15H23NO3. The van der Waals surface area contributed by atoms with Crippen LogP contribution in [0, 0.1) is 12.8 Å². The summed E-state index contributed by atoms with van der Waals surface area (Å²) in [5.74, 6) is 1.40. The average molecular weight is 265 g/mol. The lowest BCUT2D eigenvalue weighted by atomic mass is 10.1. The molecule has 1 atom stereocenters. The predicted octanol–water partition coefficient (Wildman–Crippen LogP) is 2.18. The van der Waals surface area contributed by atoms with Crippen molar-refractivity contribution < 1.29 is 14.6 Å². The maximum absolute atomic E-state index is 9.47. The van der Waals surface area contributed by atoms with Gasteiger partial charge in [-0.2, -0.15) is 0 Å². The van der Waals surface area contributed by atoms with E-state index in [1.807, 2.05) is 30.0 Å². The van der Waals surface area contributed by atoms with Crippen molar-refractivity contribution in [1.82, 2.24) is 0 Å². The molecular weight excluding hydrogens is 242 g/mol. The lowest BCUT2D eigenvalue weighted by molar-refractivity contribution is 0.270. The van der Waals surface area contributed by atoms with Crippen molar-refractivity contribution in [3.63, 3.8) is 0 Å². The van der Waals surface area contributed by atoms with Crippen molar-refractivity contribution in [3.05, 3.63) is 23.8 Å². The molecule has 1 N–H and O–H groups in total. The molecule has 19 heavy (non-hydrogen) atoms. The van der Waals surface area contributed by atoms with Crippen LogP contribution in [-0.4, -0.2) is 37.7 Å². The Morgan fingerprint density at radius 2 is 2.21 bits per heavy atom. The molecule has 0 aromatic heterocycles. The molecule has 0 spiro atoms. The first-order valence-corrected chi connectivity index (χ1v) is 6.81. The van der Waals surface area contributed by atoms with Crippen LogP contribution in [0.5, 0.6) is 5.75 Å². The van der Waals surface area contributed by atoms with Crippen molar-refractivity contribution in [1.29, 1.82) is 0 Å². The summed E-state index contributed by atoms with van der Waals surface area (Å²) in [5.41, 5.74) is 2.14. The lowest BCUT2D eigenvalue weighted by Gasteiger charge is -2.23. The third-order valence-electron chi connectivity index (χ3n) is 3.09. The second-order valence-electron chi connectivity index (χ2n) is 5.47. The number of hydrogen-bond donors (Lipinski definition) is 1. The number of ether oxygens (including phenoxy) is 2. The van der Waals surface area contributed by atoms with Crippen LogP contribution in [0.4, 0.5) is 5.69 Å². The van der Waals surface area contributed by atoms with E-state index < -0.39 is 0 Å². The molecule has 1 heterocycles. The molecule has 0 aliphatic carbocycles. The summed E-state index contributed by atoms with van der Waals surface area (Å²) in [6.07, 6.45) is 0.267. The topological polar surface area (TPSA) is 45.2 Å². The molecule has 0 amide bonds. The smallest absolute Gasteiger partial charge is 0.119 e. The van der Waals surface area contributed by atoms with Gasteiger partial charge in [-0.1, -0.05) is 13.8 Å². The number of epoxide rings is 1. The summed E-state index contributed by atoms with van der Waals surface area (Å²) < 4.78 is 10.9. The zero-order valence-corrected chi connectivity index (χ0v) is 11.9. The Morgan fingerprint density at radius 3 is 2.74 bits per heavy atom. The Kier molecular flexibility index (Phi) is 4.66. The van der Waals surface area contributed by atoms with Gasteiger partial charge in [0.25, 0.3) is 0 Å². The first-order chi connectivity index (χ1) is 9.10. The number of aliphatic hydroxyl groups is 1. The van der Waals surface area contributed by atoms with Gasteiger partial charge in [0, 0.05) is 12.2 Å². The fourth-order valence-electron chi connectivity index (χ4n) is 1.99. The lowest BCUT2D eigenvalue weighted by Crippen LogP contribution is -2.29. The highest BCUT2D eigenvalue weighted by Gasteiger charge is 2.25. The molecule has 1 fully saturated rings. The molecule has 1 aliphatic rings. The minimum atomic E-state index is 0.00684. The quantitative estimate of drug-likeness (QED) is 0.606. The third-order valence-corrected chi connectivity index (χ3v) is 3.09. The molecule has 4 heteroatoms. The van der Waals surface area contributed by atoms with Gasteiger partial charge < -0.3 is 19.5 Å². The van der Waals surface area contributed by atoms with E-state index in [1.54, 1.807) is 0 Å². The Morgan fingerprint density at radius 1 is 1.47 bits per heavy atom. The Bertz CT molecular complexity index is 416. The Balaban J connectivity index is 2.04. The Labute approximate surface area is 114 Å². The molecule has 1 saturated heterocycles. The van der Waals surface area contributed by atoms with Gasteiger partial charge in [0.1, 0.15) is 12.5 Å². The predicted molar refractivity (Wildman–Crippen MR) is 75.7 cm³/mol. The molecule has 0 bridgehead atoms. The van der Waals surface area contributed by atoms with E-state index in [2.05, 4.69) is 13.8 Å². The van der Waals surface area contributed by atoms with E-state index in [0.29, 0.717) is 5.92 Å². The van der Waals surface area contributed by atoms with Gasteiger partial charge in [-0.3, -0.25) is 0 Å². The van der Waals surface area contributed by atoms with Crippen LogP contribution in [0.25, 0.3) is 0 Å². The van der Waals surface area contributed by atoms with Crippen LogP contribution in [0.1, 0.15) is 19.4 Å². The van der Waals surface area contributed by atoms with Crippen molar-refractivity contribution >= 4 is 5.69 Å². The molecule has 1 aromatic carbocycles. The van der Waals surface area contributed by atoms with Crippen LogP contribution in [-0.2, 0) is 4.74 Å². The number of anilines is 1. The number of benzene rings is 1. The summed E-state index contributed by atoms with van der Waals surface area (Å²) in [7, 11) is 0. The van der Waals surface area contributed by atoms with Crippen LogP contribution in [0.15, 0.2) is 18.2 Å². The van der Waals surface area contributed by atoms with Gasteiger partial charge in [0.05, 0.1) is 19.3 Å². The molecule has 106 valence electrons. The molecule has 4 nitrogen and oxygen atoms in total. The monoisotopic (exact) mass is 265 g/mol. The first kappa shape index (κ1) is 14.2. The normalized spacial score (nSPS) is 17.6. The molecule has 2 rings (SSSR count). The molecule has 1 aromatic rings. The number of rotatable bonds is 7. The van der Waals surface area contributed by atoms with E-state index in [4.69, 9.17) is 9.47 Å². The fourth-order valence-corrected chi connectivity index (χ4v) is 1.99. The van der Waals surface area contributed by atoms with E-state index in [0.717, 1.165) is 36.8 Å². The van der Waals surface area contributed by atoms with E-state index >= 15 is 0 Å². The summed E-state index contributed by atoms with van der Waals surface area (Å²) in [6, 6.07) is 5.98. The average Bonchev–Trinajstić information content (AvgIpc) is 3.18. The van der Waals surface area contributed by atoms with Gasteiger partial charge in [-0.25, -0.2) is 0 Å². The number of hydrogen-bond acceptors (Lipinski definition) is 4. The second kappa shape index (κ2) is 6.26. The maximum atomic E-state index is 9.47. The standard InChI is InChI=1S/C15H23NO3/c1-11(2)8-18-13-4-5-15(12(3)6-13)16(10-17)7-14-9-19-14/h4-6,11,14,17H,7-10H2,1-3H3. The molecule has 1 unspecified atom stereocenters. The largest absolute Gasteiger partial charge is 0.493 e. The molecule has 0 radical (unpaired) electrons. The second-order valence-corrected chi connectivity index (χ2v) is 5.47. The van der Waals surface area contributed by atoms with Gasteiger partial charge in [0.15, 0.2) is 0 Å². The highest BCUT2D eigenvalue weighted by atomic mass is 16.6. The van der Waals surface area contributed by atoms with Gasteiger partial charge in [-0.05, 0) is 36.6 Å². The summed E-state index contributed by atoms with van der Waals surface area (Å²) in [5, 5.41) is 9.47.